The van der Waals surface area contributed by atoms with E-state index >= 15 is 0 Å². The maximum absolute atomic E-state index is 5.58. The van der Waals surface area contributed by atoms with Crippen molar-refractivity contribution in [3.63, 3.8) is 0 Å². The normalized spacial score (nSPS) is 13.7. The third kappa shape index (κ3) is 7.36. The molecule has 1 atom stereocenters. The monoisotopic (exact) mass is 202 g/mol. The Balaban J connectivity index is 3.96. The van der Waals surface area contributed by atoms with Crippen molar-refractivity contribution >= 4 is 7.32 Å². The lowest BCUT2D eigenvalue weighted by atomic mass is 10.1. The van der Waals surface area contributed by atoms with E-state index in [9.17, 15) is 0 Å². The minimum absolute atomic E-state index is 0.114. The van der Waals surface area contributed by atoms with Gasteiger partial charge in [0.25, 0.3) is 0 Å². The Morgan fingerprint density at radius 1 is 0.857 bits per heavy atom. The molecule has 0 spiro atoms. The zero-order chi connectivity index (χ0) is 11.1. The van der Waals surface area contributed by atoms with Crippen LogP contribution in [0.25, 0.3) is 0 Å². The molecule has 0 aromatic rings. The van der Waals surface area contributed by atoms with Crippen molar-refractivity contribution in [2.75, 3.05) is 0 Å². The molecule has 0 saturated carbocycles. The van der Waals surface area contributed by atoms with Crippen molar-refractivity contribution in [2.45, 2.75) is 66.3 Å². The van der Waals surface area contributed by atoms with Gasteiger partial charge < -0.3 is 14.0 Å². The summed E-state index contributed by atoms with van der Waals surface area (Å²) in [5, 5.41) is 0. The summed E-state index contributed by atoms with van der Waals surface area (Å²) in [6, 6.07) is 0. The van der Waals surface area contributed by atoms with Crippen LogP contribution in [0.4, 0.5) is 0 Å². The molecule has 0 aliphatic rings. The number of hydrogen-bond donors (Lipinski definition) is 0. The fraction of sp³-hybridized carbons (Fsp3) is 1.00. The molecule has 0 saturated heterocycles. The van der Waals surface area contributed by atoms with E-state index in [1.54, 1.807) is 0 Å². The van der Waals surface area contributed by atoms with Crippen LogP contribution in [0.2, 0.25) is 0 Å². The molecule has 0 fully saturated rings. The lowest BCUT2D eigenvalue weighted by Gasteiger charge is -2.21. The van der Waals surface area contributed by atoms with Crippen LogP contribution < -0.4 is 0 Å². The highest BCUT2D eigenvalue weighted by molar-refractivity contribution is 6.36. The summed E-state index contributed by atoms with van der Waals surface area (Å²) in [6.07, 6.45) is 1.35. The average molecular weight is 202 g/mol. The molecule has 0 aliphatic heterocycles. The van der Waals surface area contributed by atoms with Gasteiger partial charge >= 0.3 is 7.32 Å². The molecule has 0 rings (SSSR count). The summed E-state index contributed by atoms with van der Waals surface area (Å²) in [4.78, 5) is 0. The van der Waals surface area contributed by atoms with Gasteiger partial charge in [0.1, 0.15) is 0 Å². The fourth-order valence-corrected chi connectivity index (χ4v) is 0.827. The van der Waals surface area contributed by atoms with E-state index in [2.05, 4.69) is 6.92 Å². The molecule has 0 radical (unpaired) electrons. The van der Waals surface area contributed by atoms with Crippen molar-refractivity contribution in [3.8, 4) is 0 Å². The highest BCUT2D eigenvalue weighted by Gasteiger charge is 2.26. The van der Waals surface area contributed by atoms with Gasteiger partial charge in [0.05, 0.1) is 0 Å². The Hall–Kier alpha value is -0.0551. The second-order valence-corrected chi connectivity index (χ2v) is 4.01. The molecule has 84 valence electrons. The minimum Gasteiger partial charge on any atom is -0.384 e. The van der Waals surface area contributed by atoms with E-state index in [4.69, 9.17) is 14.0 Å². The van der Waals surface area contributed by atoms with Crippen LogP contribution in [0, 0.1) is 0 Å². The summed E-state index contributed by atoms with van der Waals surface area (Å²) < 4.78 is 16.6. The van der Waals surface area contributed by atoms with Crippen LogP contribution in [0.5, 0.6) is 0 Å². The predicted octanol–water partition coefficient (Wildman–Crippen LogP) is 2.64. The highest BCUT2D eigenvalue weighted by Crippen LogP contribution is 2.06. The lowest BCUT2D eigenvalue weighted by Crippen LogP contribution is -2.35. The molecule has 4 heteroatoms. The maximum atomic E-state index is 5.58. The first-order chi connectivity index (χ1) is 6.45. The van der Waals surface area contributed by atoms with Gasteiger partial charge in [0.2, 0.25) is 0 Å². The van der Waals surface area contributed by atoms with Crippen molar-refractivity contribution in [3.05, 3.63) is 0 Å². The Bertz CT molecular complexity index is 129. The van der Waals surface area contributed by atoms with E-state index in [0.29, 0.717) is 0 Å². The van der Waals surface area contributed by atoms with E-state index < -0.39 is 7.32 Å². The van der Waals surface area contributed by atoms with Crippen LogP contribution in [0.1, 0.15) is 48.0 Å². The topological polar surface area (TPSA) is 27.7 Å². The largest absolute Gasteiger partial charge is 0.639 e. The maximum Gasteiger partial charge on any atom is 0.639 e. The first-order valence-electron chi connectivity index (χ1n) is 5.42. The third-order valence-corrected chi connectivity index (χ3v) is 1.68. The fourth-order valence-electron chi connectivity index (χ4n) is 0.827. The van der Waals surface area contributed by atoms with Gasteiger partial charge in [0.15, 0.2) is 0 Å². The Labute approximate surface area is 88.3 Å². The molecule has 3 nitrogen and oxygen atoms in total. The molecule has 0 aromatic carbocycles. The smallest absolute Gasteiger partial charge is 0.384 e. The van der Waals surface area contributed by atoms with Crippen molar-refractivity contribution in [1.29, 1.82) is 0 Å². The van der Waals surface area contributed by atoms with E-state index in [-0.39, 0.29) is 18.3 Å². The van der Waals surface area contributed by atoms with Crippen molar-refractivity contribution < 1.29 is 14.0 Å². The minimum atomic E-state index is -0.537. The Morgan fingerprint density at radius 2 is 1.29 bits per heavy atom. The summed E-state index contributed by atoms with van der Waals surface area (Å²) in [6.45, 7) is 12.0. The summed E-state index contributed by atoms with van der Waals surface area (Å²) in [5.41, 5.74) is 0. The van der Waals surface area contributed by atoms with Gasteiger partial charge in [0, 0.05) is 18.3 Å². The number of rotatable bonds is 7. The molecular formula is C10H23BO3. The average Bonchev–Trinajstić information content (AvgIpc) is 2.01. The second-order valence-electron chi connectivity index (χ2n) is 4.01. The summed E-state index contributed by atoms with van der Waals surface area (Å²) in [7, 11) is -0.537. The van der Waals surface area contributed by atoms with Gasteiger partial charge in [-0.05, 0) is 41.0 Å². The standard InChI is InChI=1S/C10H23BO3/c1-7-10(6)14-11(12-8(2)3)13-9(4)5/h8-10H,7H2,1-6H3. The quantitative estimate of drug-likeness (QED) is 0.594. The molecule has 14 heavy (non-hydrogen) atoms. The van der Waals surface area contributed by atoms with Crippen LogP contribution in [-0.2, 0) is 14.0 Å². The van der Waals surface area contributed by atoms with Crippen LogP contribution in [0.3, 0.4) is 0 Å². The lowest BCUT2D eigenvalue weighted by molar-refractivity contribution is 0.0281. The first-order valence-corrected chi connectivity index (χ1v) is 5.42. The van der Waals surface area contributed by atoms with Crippen molar-refractivity contribution in [2.24, 2.45) is 0 Å². The predicted molar refractivity (Wildman–Crippen MR) is 59.0 cm³/mol. The van der Waals surface area contributed by atoms with Gasteiger partial charge in [-0.25, -0.2) is 0 Å². The zero-order valence-electron chi connectivity index (χ0n) is 10.2. The molecule has 0 N–H and O–H groups in total. The molecule has 0 heterocycles. The SMILES string of the molecule is CCC(C)OB(OC(C)C)OC(C)C. The second kappa shape index (κ2) is 7.26. The van der Waals surface area contributed by atoms with Gasteiger partial charge in [-0.1, -0.05) is 6.92 Å². The molecule has 0 aromatic heterocycles. The third-order valence-electron chi connectivity index (χ3n) is 1.68. The molecule has 0 bridgehead atoms. The van der Waals surface area contributed by atoms with E-state index in [1.165, 1.54) is 0 Å². The molecule has 1 unspecified atom stereocenters. The first kappa shape index (κ1) is 13.9. The highest BCUT2D eigenvalue weighted by atomic mass is 16.7. The number of hydrogen-bond acceptors (Lipinski definition) is 3. The van der Waals surface area contributed by atoms with Gasteiger partial charge in [-0.2, -0.15) is 0 Å². The molecular weight excluding hydrogens is 179 g/mol. The van der Waals surface area contributed by atoms with Gasteiger partial charge in [-0.15, -0.1) is 0 Å². The Kier molecular flexibility index (Phi) is 7.24. The Morgan fingerprint density at radius 3 is 1.57 bits per heavy atom. The summed E-state index contributed by atoms with van der Waals surface area (Å²) >= 11 is 0. The molecule has 0 amide bonds. The van der Waals surface area contributed by atoms with Gasteiger partial charge in [-0.3, -0.25) is 0 Å². The van der Waals surface area contributed by atoms with Crippen molar-refractivity contribution in [1.82, 2.24) is 0 Å². The van der Waals surface area contributed by atoms with Crippen LogP contribution in [0.15, 0.2) is 0 Å². The van der Waals surface area contributed by atoms with E-state index in [0.717, 1.165) is 6.42 Å². The van der Waals surface area contributed by atoms with E-state index in [1.807, 2.05) is 34.6 Å². The van der Waals surface area contributed by atoms with Crippen LogP contribution in [-0.4, -0.2) is 25.6 Å². The van der Waals surface area contributed by atoms with Crippen LogP contribution >= 0.6 is 0 Å². The summed E-state index contributed by atoms with van der Waals surface area (Å²) in [5.74, 6) is 0. The molecule has 0 aliphatic carbocycles. The zero-order valence-corrected chi connectivity index (χ0v) is 10.2.